The van der Waals surface area contributed by atoms with Crippen molar-refractivity contribution in [2.24, 2.45) is 0 Å². The van der Waals surface area contributed by atoms with E-state index in [4.69, 9.17) is 16.3 Å². The lowest BCUT2D eigenvalue weighted by Crippen LogP contribution is -2.15. The number of rotatable bonds is 7. The molecule has 90 valence electrons. The average Bonchev–Trinajstić information content (AvgIpc) is 2.28. The molecule has 0 aliphatic heterocycles. The summed E-state index contributed by atoms with van der Waals surface area (Å²) in [5.74, 6) is -0.361. The molecule has 0 unspecified atom stereocenters. The summed E-state index contributed by atoms with van der Waals surface area (Å²) < 4.78 is 18.0. The number of benzene rings is 1. The summed E-state index contributed by atoms with van der Waals surface area (Å²) in [6.45, 7) is 2.37. The molecule has 0 radical (unpaired) electrons. The van der Waals surface area contributed by atoms with Gasteiger partial charge in [-0.25, -0.2) is 4.39 Å². The minimum atomic E-state index is -0.361. The molecule has 0 aliphatic rings. The summed E-state index contributed by atoms with van der Waals surface area (Å²) in [4.78, 5) is 0. The van der Waals surface area contributed by atoms with Crippen molar-refractivity contribution in [1.82, 2.24) is 5.32 Å². The largest absolute Gasteiger partial charge is 0.385 e. The molecule has 0 saturated heterocycles. The molecule has 0 fully saturated rings. The van der Waals surface area contributed by atoms with Crippen molar-refractivity contribution in [3.8, 4) is 0 Å². The second-order valence-corrected chi connectivity index (χ2v) is 4.03. The number of nitrogens with one attached hydrogen (secondary N) is 1. The zero-order valence-corrected chi connectivity index (χ0v) is 10.2. The number of hydrogen-bond donors (Lipinski definition) is 1. The first kappa shape index (κ1) is 13.4. The van der Waals surface area contributed by atoms with Gasteiger partial charge in [-0.2, -0.15) is 0 Å². The summed E-state index contributed by atoms with van der Waals surface area (Å²) in [5.41, 5.74) is 0.911. The first-order chi connectivity index (χ1) is 7.74. The van der Waals surface area contributed by atoms with Crippen molar-refractivity contribution in [3.05, 3.63) is 34.6 Å². The number of ether oxygens (including phenoxy) is 1. The van der Waals surface area contributed by atoms with Gasteiger partial charge >= 0.3 is 0 Å². The standard InChI is InChI=1S/C12H17ClFNO/c1-16-7-3-2-6-15-9-10-4-5-11(13)12(14)8-10/h4-5,8,15H,2-3,6-7,9H2,1H3. The Labute approximate surface area is 101 Å². The molecule has 1 N–H and O–H groups in total. The van der Waals surface area contributed by atoms with Gasteiger partial charge in [0.2, 0.25) is 0 Å². The Hall–Kier alpha value is -0.640. The minimum Gasteiger partial charge on any atom is -0.385 e. The fourth-order valence-corrected chi connectivity index (χ4v) is 1.50. The van der Waals surface area contributed by atoms with E-state index in [1.807, 2.05) is 6.07 Å². The molecule has 0 atom stereocenters. The predicted octanol–water partition coefficient (Wildman–Crippen LogP) is 3.00. The average molecular weight is 246 g/mol. The van der Waals surface area contributed by atoms with Crippen LogP contribution >= 0.6 is 11.6 Å². The molecule has 2 nitrogen and oxygen atoms in total. The Kier molecular flexibility index (Phi) is 6.38. The molecule has 0 bridgehead atoms. The van der Waals surface area contributed by atoms with E-state index in [2.05, 4.69) is 5.32 Å². The third kappa shape index (κ3) is 4.92. The van der Waals surface area contributed by atoms with Crippen molar-refractivity contribution in [1.29, 1.82) is 0 Å². The minimum absolute atomic E-state index is 0.170. The Balaban J connectivity index is 2.19. The van der Waals surface area contributed by atoms with Gasteiger partial charge in [-0.1, -0.05) is 17.7 Å². The maximum absolute atomic E-state index is 13.1. The van der Waals surface area contributed by atoms with Gasteiger partial charge in [-0.15, -0.1) is 0 Å². The van der Waals surface area contributed by atoms with Crippen LogP contribution in [-0.2, 0) is 11.3 Å². The Bertz CT molecular complexity index is 320. The quantitative estimate of drug-likeness (QED) is 0.746. The molecular weight excluding hydrogens is 229 g/mol. The number of methoxy groups -OCH3 is 1. The van der Waals surface area contributed by atoms with Crippen LogP contribution in [0.1, 0.15) is 18.4 Å². The van der Waals surface area contributed by atoms with Crippen LogP contribution in [0.4, 0.5) is 4.39 Å². The fourth-order valence-electron chi connectivity index (χ4n) is 1.38. The van der Waals surface area contributed by atoms with Gasteiger partial charge in [0.25, 0.3) is 0 Å². The van der Waals surface area contributed by atoms with Crippen molar-refractivity contribution >= 4 is 11.6 Å². The van der Waals surface area contributed by atoms with Crippen LogP contribution in [0.2, 0.25) is 5.02 Å². The van der Waals surface area contributed by atoms with E-state index in [1.165, 1.54) is 6.07 Å². The predicted molar refractivity (Wildman–Crippen MR) is 64.2 cm³/mol. The molecule has 1 aromatic carbocycles. The second-order valence-electron chi connectivity index (χ2n) is 3.63. The number of halogens is 2. The van der Waals surface area contributed by atoms with E-state index >= 15 is 0 Å². The van der Waals surface area contributed by atoms with E-state index in [9.17, 15) is 4.39 Å². The highest BCUT2D eigenvalue weighted by atomic mass is 35.5. The van der Waals surface area contributed by atoms with Gasteiger partial charge in [0.05, 0.1) is 5.02 Å². The van der Waals surface area contributed by atoms with Gasteiger partial charge in [-0.05, 0) is 37.1 Å². The number of hydrogen-bond acceptors (Lipinski definition) is 2. The van der Waals surface area contributed by atoms with Crippen LogP contribution in [0.25, 0.3) is 0 Å². The lowest BCUT2D eigenvalue weighted by Gasteiger charge is -2.05. The molecule has 16 heavy (non-hydrogen) atoms. The van der Waals surface area contributed by atoms with Crippen LogP contribution in [0.3, 0.4) is 0 Å². The van der Waals surface area contributed by atoms with Crippen molar-refractivity contribution in [3.63, 3.8) is 0 Å². The molecule has 0 spiro atoms. The number of unbranched alkanes of at least 4 members (excludes halogenated alkanes) is 1. The van der Waals surface area contributed by atoms with Crippen molar-refractivity contribution < 1.29 is 9.13 Å². The van der Waals surface area contributed by atoms with Gasteiger partial charge < -0.3 is 10.1 Å². The first-order valence-electron chi connectivity index (χ1n) is 5.37. The third-order valence-corrected chi connectivity index (χ3v) is 2.57. The van der Waals surface area contributed by atoms with E-state index < -0.39 is 0 Å². The van der Waals surface area contributed by atoms with E-state index in [1.54, 1.807) is 13.2 Å². The summed E-state index contributed by atoms with van der Waals surface area (Å²) in [5, 5.41) is 3.41. The zero-order valence-electron chi connectivity index (χ0n) is 9.43. The highest BCUT2D eigenvalue weighted by Gasteiger charge is 2.00. The Morgan fingerprint density at radius 1 is 1.38 bits per heavy atom. The molecule has 0 heterocycles. The lowest BCUT2D eigenvalue weighted by atomic mass is 10.2. The lowest BCUT2D eigenvalue weighted by molar-refractivity contribution is 0.192. The molecule has 0 saturated carbocycles. The Morgan fingerprint density at radius 3 is 2.88 bits per heavy atom. The highest BCUT2D eigenvalue weighted by molar-refractivity contribution is 6.30. The maximum atomic E-state index is 13.1. The third-order valence-electron chi connectivity index (χ3n) is 2.27. The smallest absolute Gasteiger partial charge is 0.142 e. The SMILES string of the molecule is COCCCCNCc1ccc(Cl)c(F)c1. The van der Waals surface area contributed by atoms with Gasteiger partial charge in [0.15, 0.2) is 0 Å². The van der Waals surface area contributed by atoms with Crippen LogP contribution < -0.4 is 5.32 Å². The molecule has 0 aliphatic carbocycles. The molecule has 0 aromatic heterocycles. The molecular formula is C12H17ClFNO. The normalized spacial score (nSPS) is 10.7. The second kappa shape index (κ2) is 7.60. The van der Waals surface area contributed by atoms with Crippen LogP contribution in [-0.4, -0.2) is 20.3 Å². The van der Waals surface area contributed by atoms with Gasteiger partial charge in [0.1, 0.15) is 5.82 Å². The highest BCUT2D eigenvalue weighted by Crippen LogP contribution is 2.15. The summed E-state index contributed by atoms with van der Waals surface area (Å²) in [7, 11) is 1.70. The molecule has 1 rings (SSSR count). The van der Waals surface area contributed by atoms with Gasteiger partial charge in [-0.3, -0.25) is 0 Å². The summed E-state index contributed by atoms with van der Waals surface area (Å²) >= 11 is 5.59. The first-order valence-corrected chi connectivity index (χ1v) is 5.75. The fraction of sp³-hybridized carbons (Fsp3) is 0.500. The van der Waals surface area contributed by atoms with Crippen LogP contribution in [0, 0.1) is 5.82 Å². The summed E-state index contributed by atoms with van der Waals surface area (Å²) in [6, 6.07) is 4.87. The molecule has 1 aromatic rings. The topological polar surface area (TPSA) is 21.3 Å². The monoisotopic (exact) mass is 245 g/mol. The Morgan fingerprint density at radius 2 is 2.19 bits per heavy atom. The summed E-state index contributed by atoms with van der Waals surface area (Å²) in [6.07, 6.45) is 2.10. The van der Waals surface area contributed by atoms with Gasteiger partial charge in [0, 0.05) is 20.3 Å². The van der Waals surface area contributed by atoms with Crippen LogP contribution in [0.5, 0.6) is 0 Å². The molecule has 0 amide bonds. The van der Waals surface area contributed by atoms with E-state index in [-0.39, 0.29) is 10.8 Å². The maximum Gasteiger partial charge on any atom is 0.142 e. The zero-order chi connectivity index (χ0) is 11.8. The van der Waals surface area contributed by atoms with Crippen molar-refractivity contribution in [2.45, 2.75) is 19.4 Å². The van der Waals surface area contributed by atoms with E-state index in [0.29, 0.717) is 6.54 Å². The van der Waals surface area contributed by atoms with Crippen LogP contribution in [0.15, 0.2) is 18.2 Å². The van der Waals surface area contributed by atoms with E-state index in [0.717, 1.165) is 31.6 Å². The van der Waals surface area contributed by atoms with Crippen molar-refractivity contribution in [2.75, 3.05) is 20.3 Å². The molecule has 4 heteroatoms.